The fraction of sp³-hybridized carbons (Fsp3) is 0.333. The summed E-state index contributed by atoms with van der Waals surface area (Å²) in [7, 11) is -2.65. The Morgan fingerprint density at radius 3 is 2.33 bits per heavy atom. The summed E-state index contributed by atoms with van der Waals surface area (Å²) in [5.41, 5.74) is 1.03. The van der Waals surface area contributed by atoms with E-state index in [2.05, 4.69) is 5.32 Å². The van der Waals surface area contributed by atoms with Crippen molar-refractivity contribution in [1.82, 2.24) is 10.2 Å². The molecule has 3 aromatic carbocycles. The molecule has 1 N–H and O–H groups in total. The van der Waals surface area contributed by atoms with Crippen molar-refractivity contribution in [1.29, 1.82) is 0 Å². The van der Waals surface area contributed by atoms with Crippen molar-refractivity contribution in [2.24, 2.45) is 0 Å². The average Bonchev–Trinajstić information content (AvgIpc) is 3.48. The number of methoxy groups -OCH3 is 1. The summed E-state index contributed by atoms with van der Waals surface area (Å²) in [4.78, 5) is 28.7. The number of nitrogens with one attached hydrogen (secondary N) is 1. The van der Waals surface area contributed by atoms with E-state index in [4.69, 9.17) is 16.3 Å². The van der Waals surface area contributed by atoms with Crippen molar-refractivity contribution in [3.8, 4) is 5.75 Å². The van der Waals surface area contributed by atoms with Gasteiger partial charge in [0.15, 0.2) is 0 Å². The van der Waals surface area contributed by atoms with Crippen molar-refractivity contribution in [2.45, 2.75) is 56.1 Å². The first kappa shape index (κ1) is 29.4. The zero-order valence-electron chi connectivity index (χ0n) is 22.6. The quantitative estimate of drug-likeness (QED) is 0.342. The van der Waals surface area contributed by atoms with Gasteiger partial charge in [-0.25, -0.2) is 8.42 Å². The number of amides is 2. The highest BCUT2D eigenvalue weighted by atomic mass is 35.5. The Balaban J connectivity index is 1.68. The van der Waals surface area contributed by atoms with Crippen LogP contribution in [0.1, 0.15) is 38.2 Å². The van der Waals surface area contributed by atoms with E-state index < -0.39 is 28.5 Å². The Kier molecular flexibility index (Phi) is 9.71. The van der Waals surface area contributed by atoms with Crippen LogP contribution in [0.3, 0.4) is 0 Å². The van der Waals surface area contributed by atoms with E-state index in [1.165, 1.54) is 24.1 Å². The zero-order valence-corrected chi connectivity index (χ0v) is 24.2. The maximum absolute atomic E-state index is 14.0. The van der Waals surface area contributed by atoms with Gasteiger partial charge in [0.25, 0.3) is 10.0 Å². The molecule has 0 heterocycles. The first-order chi connectivity index (χ1) is 19.2. The van der Waals surface area contributed by atoms with E-state index in [1.54, 1.807) is 73.7 Å². The molecule has 8 nitrogen and oxygen atoms in total. The molecule has 0 unspecified atom stereocenters. The molecule has 0 spiro atoms. The minimum Gasteiger partial charge on any atom is -0.497 e. The SMILES string of the molecule is COc1cccc(N(CC(=O)N(Cc2ccc(Cl)cc2)[C@@H](C)C(=O)NC2CCCC2)S(=O)(=O)c2ccccc2)c1. The van der Waals surface area contributed by atoms with Crippen LogP contribution >= 0.6 is 11.6 Å². The Hall–Kier alpha value is -3.56. The molecule has 10 heteroatoms. The number of rotatable bonds is 11. The van der Waals surface area contributed by atoms with Crippen LogP contribution in [0.2, 0.25) is 5.02 Å². The molecule has 40 heavy (non-hydrogen) atoms. The monoisotopic (exact) mass is 583 g/mol. The second kappa shape index (κ2) is 13.2. The number of carbonyl (C=O) groups excluding carboxylic acids is 2. The van der Waals surface area contributed by atoms with Gasteiger partial charge in [0.05, 0.1) is 17.7 Å². The van der Waals surface area contributed by atoms with Crippen molar-refractivity contribution in [2.75, 3.05) is 18.0 Å². The smallest absolute Gasteiger partial charge is 0.264 e. The fourth-order valence-corrected chi connectivity index (χ4v) is 6.33. The molecule has 0 saturated heterocycles. The summed E-state index contributed by atoms with van der Waals surface area (Å²) in [6, 6.07) is 20.7. The number of ether oxygens (including phenoxy) is 1. The van der Waals surface area contributed by atoms with Gasteiger partial charge < -0.3 is 15.0 Å². The predicted octanol–water partition coefficient (Wildman–Crippen LogP) is 5.02. The number of sulfonamides is 1. The summed E-state index contributed by atoms with van der Waals surface area (Å²) >= 11 is 6.06. The minimum atomic E-state index is -4.14. The van der Waals surface area contributed by atoms with Crippen LogP contribution < -0.4 is 14.4 Å². The topological polar surface area (TPSA) is 96.0 Å². The number of anilines is 1. The van der Waals surface area contributed by atoms with Crippen LogP contribution in [0.4, 0.5) is 5.69 Å². The second-order valence-corrected chi connectivity index (χ2v) is 12.1. The Morgan fingerprint density at radius 1 is 1.00 bits per heavy atom. The third-order valence-corrected chi connectivity index (χ3v) is 9.13. The molecule has 0 aliphatic heterocycles. The van der Waals surface area contributed by atoms with Gasteiger partial charge in [-0.05, 0) is 61.7 Å². The molecule has 1 saturated carbocycles. The van der Waals surface area contributed by atoms with Gasteiger partial charge in [-0.1, -0.05) is 60.8 Å². The predicted molar refractivity (Wildman–Crippen MR) is 156 cm³/mol. The lowest BCUT2D eigenvalue weighted by Gasteiger charge is -2.32. The molecule has 1 aliphatic rings. The number of halogens is 1. The average molecular weight is 584 g/mol. The molecule has 212 valence electrons. The van der Waals surface area contributed by atoms with Gasteiger partial charge in [0, 0.05) is 23.7 Å². The maximum Gasteiger partial charge on any atom is 0.264 e. The molecule has 1 fully saturated rings. The molecule has 1 atom stereocenters. The molecule has 0 bridgehead atoms. The Labute approximate surface area is 240 Å². The molecule has 1 aliphatic carbocycles. The van der Waals surface area contributed by atoms with Crippen LogP contribution in [0.5, 0.6) is 5.75 Å². The van der Waals surface area contributed by atoms with Crippen molar-refractivity contribution < 1.29 is 22.7 Å². The number of carbonyl (C=O) groups is 2. The lowest BCUT2D eigenvalue weighted by atomic mass is 10.1. The minimum absolute atomic E-state index is 0.0434. The van der Waals surface area contributed by atoms with E-state index in [9.17, 15) is 18.0 Å². The van der Waals surface area contributed by atoms with E-state index in [-0.39, 0.29) is 29.1 Å². The molecule has 3 aromatic rings. The van der Waals surface area contributed by atoms with Gasteiger partial charge in [-0.15, -0.1) is 0 Å². The first-order valence-corrected chi connectivity index (χ1v) is 15.1. The second-order valence-electron chi connectivity index (χ2n) is 9.84. The molecular formula is C30H34ClN3O5S. The van der Waals surface area contributed by atoms with Crippen LogP contribution in [0.25, 0.3) is 0 Å². The van der Waals surface area contributed by atoms with Gasteiger partial charge >= 0.3 is 0 Å². The summed E-state index contributed by atoms with van der Waals surface area (Å²) in [6.07, 6.45) is 3.92. The van der Waals surface area contributed by atoms with E-state index in [1.807, 2.05) is 0 Å². The highest BCUT2D eigenvalue weighted by Gasteiger charge is 2.33. The lowest BCUT2D eigenvalue weighted by molar-refractivity contribution is -0.139. The van der Waals surface area contributed by atoms with Gasteiger partial charge in [-0.2, -0.15) is 0 Å². The van der Waals surface area contributed by atoms with Crippen LogP contribution in [-0.2, 0) is 26.2 Å². The molecule has 0 aromatic heterocycles. The first-order valence-electron chi connectivity index (χ1n) is 13.2. The highest BCUT2D eigenvalue weighted by Crippen LogP contribution is 2.28. The number of hydrogen-bond acceptors (Lipinski definition) is 5. The largest absolute Gasteiger partial charge is 0.497 e. The van der Waals surface area contributed by atoms with E-state index in [0.717, 1.165) is 35.6 Å². The summed E-state index contributed by atoms with van der Waals surface area (Å²) in [6.45, 7) is 1.26. The number of benzene rings is 3. The molecule has 2 amide bonds. The number of nitrogens with zero attached hydrogens (tertiary/aromatic N) is 2. The van der Waals surface area contributed by atoms with Crippen LogP contribution in [0.15, 0.2) is 83.8 Å². The molecular weight excluding hydrogens is 550 g/mol. The molecule has 0 radical (unpaired) electrons. The highest BCUT2D eigenvalue weighted by molar-refractivity contribution is 7.92. The lowest BCUT2D eigenvalue weighted by Crippen LogP contribution is -2.52. The Morgan fingerprint density at radius 2 is 1.68 bits per heavy atom. The number of hydrogen-bond donors (Lipinski definition) is 1. The summed E-state index contributed by atoms with van der Waals surface area (Å²) < 4.78 is 34.1. The van der Waals surface area contributed by atoms with Crippen LogP contribution in [0, 0.1) is 0 Å². The summed E-state index contributed by atoms with van der Waals surface area (Å²) in [5, 5.41) is 3.61. The fourth-order valence-electron chi connectivity index (χ4n) is 4.78. The van der Waals surface area contributed by atoms with Crippen molar-refractivity contribution >= 4 is 39.1 Å². The van der Waals surface area contributed by atoms with Crippen molar-refractivity contribution in [3.05, 3.63) is 89.4 Å². The van der Waals surface area contributed by atoms with Gasteiger partial charge in [0.2, 0.25) is 11.8 Å². The summed E-state index contributed by atoms with van der Waals surface area (Å²) in [5.74, 6) is -0.347. The third kappa shape index (κ3) is 7.14. The zero-order chi connectivity index (χ0) is 28.7. The van der Waals surface area contributed by atoms with E-state index in [0.29, 0.717) is 10.8 Å². The van der Waals surface area contributed by atoms with Crippen LogP contribution in [-0.4, -0.2) is 50.9 Å². The van der Waals surface area contributed by atoms with E-state index >= 15 is 0 Å². The molecule has 4 rings (SSSR count). The van der Waals surface area contributed by atoms with Gasteiger partial charge in [0.1, 0.15) is 18.3 Å². The normalized spacial score (nSPS) is 14.4. The maximum atomic E-state index is 14.0. The standard InChI is InChI=1S/C30H34ClN3O5S/c1-22(30(36)32-25-9-6-7-10-25)33(20-23-15-17-24(31)18-16-23)29(35)21-34(26-11-8-12-27(19-26)39-2)40(37,38)28-13-4-3-5-14-28/h3-5,8,11-19,22,25H,6-7,9-10,20-21H2,1-2H3,(H,32,36)/t22-/m0/s1. The van der Waals surface area contributed by atoms with Crippen molar-refractivity contribution in [3.63, 3.8) is 0 Å². The Bertz CT molecular complexity index is 1410. The third-order valence-electron chi connectivity index (χ3n) is 7.09. The van der Waals surface area contributed by atoms with Gasteiger partial charge in [-0.3, -0.25) is 13.9 Å².